The van der Waals surface area contributed by atoms with Crippen molar-refractivity contribution in [3.8, 4) is 22.7 Å². The zero-order valence-electron chi connectivity index (χ0n) is 21.1. The number of hydrogen-bond acceptors (Lipinski definition) is 5. The molecule has 4 rings (SSSR count). The van der Waals surface area contributed by atoms with Crippen LogP contribution in [0.5, 0.6) is 5.75 Å². The van der Waals surface area contributed by atoms with Crippen LogP contribution >= 0.6 is 0 Å². The molecule has 0 bridgehead atoms. The molecule has 36 heavy (non-hydrogen) atoms. The lowest BCUT2D eigenvalue weighted by Gasteiger charge is -2.18. The van der Waals surface area contributed by atoms with Crippen molar-refractivity contribution in [3.63, 3.8) is 0 Å². The first-order valence-corrected chi connectivity index (χ1v) is 11.8. The number of ether oxygens (including phenoxy) is 2. The maximum Gasteiger partial charge on any atom is 0.338 e. The molecule has 6 heteroatoms. The maximum atomic E-state index is 12.3. The van der Waals surface area contributed by atoms with E-state index in [1.54, 1.807) is 13.0 Å². The Kier molecular flexibility index (Phi) is 7.54. The van der Waals surface area contributed by atoms with Crippen molar-refractivity contribution in [2.75, 3.05) is 20.3 Å². The number of oxime groups is 1. The van der Waals surface area contributed by atoms with Crippen LogP contribution in [0.4, 0.5) is 0 Å². The third-order valence-corrected chi connectivity index (χ3v) is 5.83. The number of carbonyl (C=O) groups is 1. The summed E-state index contributed by atoms with van der Waals surface area (Å²) in [5.74, 6) is 0.428. The van der Waals surface area contributed by atoms with Crippen LogP contribution in [0.15, 0.2) is 95.7 Å². The fraction of sp³-hybridized carbons (Fsp3) is 0.200. The second-order valence-electron chi connectivity index (χ2n) is 8.49. The fourth-order valence-corrected chi connectivity index (χ4v) is 4.12. The molecule has 0 spiro atoms. The average molecular weight is 483 g/mol. The number of carbonyl (C=O) groups excluding carboxylic acids is 1. The minimum atomic E-state index is -0.334. The summed E-state index contributed by atoms with van der Waals surface area (Å²) in [4.78, 5) is 17.2. The van der Waals surface area contributed by atoms with Gasteiger partial charge in [-0.1, -0.05) is 35.5 Å². The Balaban J connectivity index is 1.67. The molecule has 1 aromatic heterocycles. The number of aryl methyl sites for hydroxylation is 2. The Morgan fingerprint density at radius 3 is 2.64 bits per heavy atom. The van der Waals surface area contributed by atoms with Gasteiger partial charge in [0.05, 0.1) is 17.9 Å². The van der Waals surface area contributed by atoms with E-state index >= 15 is 0 Å². The number of allylic oxidation sites excluding steroid dienone is 3. The van der Waals surface area contributed by atoms with Gasteiger partial charge in [0.2, 0.25) is 0 Å². The summed E-state index contributed by atoms with van der Waals surface area (Å²) < 4.78 is 13.6. The Bertz CT molecular complexity index is 1390. The summed E-state index contributed by atoms with van der Waals surface area (Å²) in [6, 6.07) is 17.8. The van der Waals surface area contributed by atoms with E-state index in [0.29, 0.717) is 24.5 Å². The highest BCUT2D eigenvalue weighted by Gasteiger charge is 2.17. The highest BCUT2D eigenvalue weighted by Crippen LogP contribution is 2.35. The van der Waals surface area contributed by atoms with Gasteiger partial charge >= 0.3 is 5.97 Å². The average Bonchev–Trinajstić information content (AvgIpc) is 3.26. The van der Waals surface area contributed by atoms with Crippen LogP contribution in [0, 0.1) is 13.8 Å². The Morgan fingerprint density at radius 1 is 1.06 bits per heavy atom. The van der Waals surface area contributed by atoms with Gasteiger partial charge in [0.1, 0.15) is 25.2 Å². The Hall–Kier alpha value is -4.32. The molecule has 3 aromatic rings. The third kappa shape index (κ3) is 5.33. The summed E-state index contributed by atoms with van der Waals surface area (Å²) in [6.07, 6.45) is 5.76. The van der Waals surface area contributed by atoms with Gasteiger partial charge in [0, 0.05) is 16.9 Å². The molecule has 0 aliphatic heterocycles. The SMILES string of the molecule is C=C1C=C(COc2ccc(C)cc2-c2ccc(C)n2-c2cccc(C(=O)OCC)c2)C=C/C1=N/OC. The van der Waals surface area contributed by atoms with E-state index in [4.69, 9.17) is 14.3 Å². The summed E-state index contributed by atoms with van der Waals surface area (Å²) in [7, 11) is 1.51. The van der Waals surface area contributed by atoms with E-state index in [1.807, 2.05) is 55.5 Å². The minimum absolute atomic E-state index is 0.334. The van der Waals surface area contributed by atoms with Crippen molar-refractivity contribution in [1.29, 1.82) is 0 Å². The van der Waals surface area contributed by atoms with Crippen molar-refractivity contribution < 1.29 is 19.1 Å². The quantitative estimate of drug-likeness (QED) is 0.276. The molecule has 184 valence electrons. The van der Waals surface area contributed by atoms with Gasteiger partial charge in [-0.15, -0.1) is 0 Å². The van der Waals surface area contributed by atoms with Crippen LogP contribution in [-0.4, -0.2) is 36.6 Å². The molecule has 0 fully saturated rings. The molecular weight excluding hydrogens is 452 g/mol. The lowest BCUT2D eigenvalue weighted by Crippen LogP contribution is -2.08. The van der Waals surface area contributed by atoms with E-state index in [1.165, 1.54) is 7.11 Å². The van der Waals surface area contributed by atoms with Gasteiger partial charge in [-0.2, -0.15) is 0 Å². The van der Waals surface area contributed by atoms with Gasteiger partial charge in [-0.05, 0) is 86.5 Å². The number of esters is 1. The predicted molar refractivity (Wildman–Crippen MR) is 143 cm³/mol. The number of rotatable bonds is 8. The van der Waals surface area contributed by atoms with Crippen LogP contribution in [0.2, 0.25) is 0 Å². The van der Waals surface area contributed by atoms with E-state index in [2.05, 4.69) is 41.4 Å². The molecule has 2 aromatic carbocycles. The highest BCUT2D eigenvalue weighted by molar-refractivity contribution is 6.11. The first-order valence-electron chi connectivity index (χ1n) is 11.8. The molecule has 0 N–H and O–H groups in total. The molecule has 0 amide bonds. The zero-order chi connectivity index (χ0) is 25.7. The first-order chi connectivity index (χ1) is 17.4. The van der Waals surface area contributed by atoms with Crippen LogP contribution < -0.4 is 4.74 Å². The second kappa shape index (κ2) is 11.0. The van der Waals surface area contributed by atoms with Crippen molar-refractivity contribution in [2.24, 2.45) is 5.16 Å². The van der Waals surface area contributed by atoms with Gasteiger partial charge < -0.3 is 18.9 Å². The van der Waals surface area contributed by atoms with Gasteiger partial charge in [0.25, 0.3) is 0 Å². The predicted octanol–water partition coefficient (Wildman–Crippen LogP) is 6.37. The Labute approximate surface area is 211 Å². The zero-order valence-corrected chi connectivity index (χ0v) is 21.1. The highest BCUT2D eigenvalue weighted by atomic mass is 16.6. The van der Waals surface area contributed by atoms with E-state index < -0.39 is 0 Å². The van der Waals surface area contributed by atoms with Crippen LogP contribution in [0.1, 0.15) is 28.5 Å². The fourth-order valence-electron chi connectivity index (χ4n) is 4.12. The maximum absolute atomic E-state index is 12.3. The number of nitrogens with zero attached hydrogens (tertiary/aromatic N) is 2. The molecule has 0 saturated heterocycles. The molecule has 1 heterocycles. The lowest BCUT2D eigenvalue weighted by atomic mass is 10.0. The van der Waals surface area contributed by atoms with Crippen molar-refractivity contribution in [2.45, 2.75) is 20.8 Å². The topological polar surface area (TPSA) is 62.0 Å². The molecule has 1 aliphatic rings. The van der Waals surface area contributed by atoms with Gasteiger partial charge in [-0.25, -0.2) is 4.79 Å². The third-order valence-electron chi connectivity index (χ3n) is 5.83. The second-order valence-corrected chi connectivity index (χ2v) is 8.49. The van der Waals surface area contributed by atoms with E-state index in [-0.39, 0.29) is 5.97 Å². The standard InChI is InChI=1S/C30H30N2O4/c1-6-35-30(33)24-8-7-9-25(18-24)32-22(4)11-14-28(32)26-16-20(2)10-15-29(26)36-19-23-12-13-27(31-34-5)21(3)17-23/h7-18H,3,6,19H2,1-2,4-5H3/b31-27-. The van der Waals surface area contributed by atoms with Gasteiger partial charge in [0.15, 0.2) is 0 Å². The lowest BCUT2D eigenvalue weighted by molar-refractivity contribution is 0.0526. The molecule has 0 unspecified atom stereocenters. The number of hydrogen-bond donors (Lipinski definition) is 0. The van der Waals surface area contributed by atoms with Crippen molar-refractivity contribution >= 4 is 11.7 Å². The number of aromatic nitrogens is 1. The minimum Gasteiger partial charge on any atom is -0.488 e. The van der Waals surface area contributed by atoms with E-state index in [0.717, 1.165) is 45.1 Å². The molecule has 0 saturated carbocycles. The molecular formula is C30H30N2O4. The molecule has 6 nitrogen and oxygen atoms in total. The molecule has 0 atom stereocenters. The van der Waals surface area contributed by atoms with Crippen molar-refractivity contribution in [1.82, 2.24) is 4.57 Å². The first kappa shape index (κ1) is 24.8. The van der Waals surface area contributed by atoms with Crippen LogP contribution in [-0.2, 0) is 9.57 Å². The number of benzene rings is 2. The molecule has 0 radical (unpaired) electrons. The summed E-state index contributed by atoms with van der Waals surface area (Å²) in [5.41, 5.74) is 7.93. The largest absolute Gasteiger partial charge is 0.488 e. The summed E-state index contributed by atoms with van der Waals surface area (Å²) in [6.45, 7) is 10.7. The van der Waals surface area contributed by atoms with Gasteiger partial charge in [-0.3, -0.25) is 0 Å². The monoisotopic (exact) mass is 482 g/mol. The Morgan fingerprint density at radius 2 is 1.89 bits per heavy atom. The van der Waals surface area contributed by atoms with Crippen molar-refractivity contribution in [3.05, 3.63) is 107 Å². The van der Waals surface area contributed by atoms with Crippen LogP contribution in [0.3, 0.4) is 0 Å². The smallest absolute Gasteiger partial charge is 0.338 e. The summed E-state index contributed by atoms with van der Waals surface area (Å²) >= 11 is 0. The summed E-state index contributed by atoms with van der Waals surface area (Å²) in [5, 5.41) is 3.96. The molecule has 1 aliphatic carbocycles. The van der Waals surface area contributed by atoms with Crippen LogP contribution in [0.25, 0.3) is 16.9 Å². The van der Waals surface area contributed by atoms with E-state index in [9.17, 15) is 4.79 Å². The normalized spacial score (nSPS) is 14.1.